The van der Waals surface area contributed by atoms with Crippen molar-refractivity contribution in [1.29, 1.82) is 0 Å². The third-order valence-corrected chi connectivity index (χ3v) is 2.40. The molecule has 1 heterocycles. The molecule has 0 saturated carbocycles. The van der Waals surface area contributed by atoms with Crippen molar-refractivity contribution in [3.05, 3.63) is 0 Å². The average molecular weight is 184 g/mol. The van der Waals surface area contributed by atoms with E-state index in [0.717, 1.165) is 19.5 Å². The van der Waals surface area contributed by atoms with Gasteiger partial charge in [0.2, 0.25) is 5.91 Å². The van der Waals surface area contributed by atoms with Gasteiger partial charge in [-0.05, 0) is 6.42 Å². The fourth-order valence-corrected chi connectivity index (χ4v) is 1.40. The Morgan fingerprint density at radius 1 is 1.38 bits per heavy atom. The van der Waals surface area contributed by atoms with Crippen molar-refractivity contribution in [2.75, 3.05) is 13.1 Å². The van der Waals surface area contributed by atoms with Crippen molar-refractivity contribution in [3.63, 3.8) is 0 Å². The molecule has 0 bridgehead atoms. The predicted molar refractivity (Wildman–Crippen MR) is 53.6 cm³/mol. The van der Waals surface area contributed by atoms with E-state index in [4.69, 9.17) is 0 Å². The zero-order valence-corrected chi connectivity index (χ0v) is 8.44. The first kappa shape index (κ1) is 10.5. The predicted octanol–water partition coefficient (Wildman–Crippen LogP) is 1.04. The summed E-state index contributed by atoms with van der Waals surface area (Å²) in [6, 6.07) is 0.402. The number of hydrogen-bond acceptors (Lipinski definition) is 2. The second-order valence-electron chi connectivity index (χ2n) is 3.73. The van der Waals surface area contributed by atoms with Crippen LogP contribution in [0.5, 0.6) is 0 Å². The number of hydrogen-bond donors (Lipinski definition) is 2. The number of nitrogens with one attached hydrogen (secondary N) is 2. The van der Waals surface area contributed by atoms with Gasteiger partial charge in [0, 0.05) is 19.5 Å². The van der Waals surface area contributed by atoms with Crippen LogP contribution >= 0.6 is 0 Å². The van der Waals surface area contributed by atoms with Crippen LogP contribution in [0.1, 0.15) is 39.0 Å². The highest BCUT2D eigenvalue weighted by molar-refractivity contribution is 5.76. The van der Waals surface area contributed by atoms with E-state index in [0.29, 0.717) is 12.5 Å². The monoisotopic (exact) mass is 184 g/mol. The molecule has 0 aromatic heterocycles. The van der Waals surface area contributed by atoms with Crippen molar-refractivity contribution in [3.8, 4) is 0 Å². The summed E-state index contributed by atoms with van der Waals surface area (Å²) in [5.74, 6) is 0.225. The van der Waals surface area contributed by atoms with E-state index in [1.54, 1.807) is 0 Å². The molecule has 0 aliphatic carbocycles. The minimum atomic E-state index is 0.225. The van der Waals surface area contributed by atoms with Crippen molar-refractivity contribution in [1.82, 2.24) is 10.6 Å². The maximum Gasteiger partial charge on any atom is 0.220 e. The van der Waals surface area contributed by atoms with Crippen LogP contribution in [0, 0.1) is 0 Å². The van der Waals surface area contributed by atoms with Gasteiger partial charge in [0.05, 0.1) is 6.04 Å². The van der Waals surface area contributed by atoms with E-state index in [1.807, 2.05) is 0 Å². The first-order valence-electron chi connectivity index (χ1n) is 5.33. The standard InChI is InChI=1S/C10H20N2O/c1-2-3-4-5-6-10(13)12-9-7-11-8-9/h9,11H,2-8H2,1H3,(H,12,13). The van der Waals surface area contributed by atoms with Gasteiger partial charge in [-0.15, -0.1) is 0 Å². The Balaban J connectivity index is 1.91. The molecule has 13 heavy (non-hydrogen) atoms. The summed E-state index contributed by atoms with van der Waals surface area (Å²) in [4.78, 5) is 11.3. The maximum absolute atomic E-state index is 11.3. The van der Waals surface area contributed by atoms with Gasteiger partial charge in [0.25, 0.3) is 0 Å². The average Bonchev–Trinajstić information content (AvgIpc) is 2.06. The molecule has 0 atom stereocenters. The summed E-state index contributed by atoms with van der Waals surface area (Å²) in [5, 5.41) is 6.12. The minimum absolute atomic E-state index is 0.225. The fourth-order valence-electron chi connectivity index (χ4n) is 1.40. The summed E-state index contributed by atoms with van der Waals surface area (Å²) < 4.78 is 0. The SMILES string of the molecule is CCCCCCC(=O)NC1CNC1. The number of amides is 1. The lowest BCUT2D eigenvalue weighted by Crippen LogP contribution is -2.56. The van der Waals surface area contributed by atoms with Crippen LogP contribution in [-0.2, 0) is 4.79 Å². The van der Waals surface area contributed by atoms with Gasteiger partial charge in [-0.25, -0.2) is 0 Å². The number of carbonyl (C=O) groups excluding carboxylic acids is 1. The summed E-state index contributed by atoms with van der Waals surface area (Å²) >= 11 is 0. The highest BCUT2D eigenvalue weighted by Crippen LogP contribution is 2.02. The van der Waals surface area contributed by atoms with Gasteiger partial charge < -0.3 is 10.6 Å². The Kier molecular flexibility index (Phi) is 4.83. The molecule has 1 aliphatic heterocycles. The highest BCUT2D eigenvalue weighted by atomic mass is 16.1. The van der Waals surface area contributed by atoms with E-state index in [2.05, 4.69) is 17.6 Å². The molecular weight excluding hydrogens is 164 g/mol. The first-order chi connectivity index (χ1) is 6.33. The van der Waals surface area contributed by atoms with Crippen LogP contribution in [0.4, 0.5) is 0 Å². The van der Waals surface area contributed by atoms with Crippen molar-refractivity contribution >= 4 is 5.91 Å². The molecule has 0 aromatic rings. The molecule has 1 amide bonds. The van der Waals surface area contributed by atoms with E-state index in [-0.39, 0.29) is 5.91 Å². The van der Waals surface area contributed by atoms with Crippen LogP contribution in [0.2, 0.25) is 0 Å². The minimum Gasteiger partial charge on any atom is -0.351 e. The molecule has 0 unspecified atom stereocenters. The Hall–Kier alpha value is -0.570. The van der Waals surface area contributed by atoms with Gasteiger partial charge in [0.15, 0.2) is 0 Å². The normalized spacial score (nSPS) is 16.7. The second-order valence-corrected chi connectivity index (χ2v) is 3.73. The molecule has 1 aliphatic rings. The topological polar surface area (TPSA) is 41.1 Å². The molecule has 1 saturated heterocycles. The molecule has 1 rings (SSSR count). The third kappa shape index (κ3) is 4.27. The number of rotatable bonds is 6. The lowest BCUT2D eigenvalue weighted by atomic mass is 10.1. The highest BCUT2D eigenvalue weighted by Gasteiger charge is 2.17. The lowest BCUT2D eigenvalue weighted by Gasteiger charge is -2.27. The summed E-state index contributed by atoms with van der Waals surface area (Å²) in [7, 11) is 0. The van der Waals surface area contributed by atoms with Crippen molar-refractivity contribution < 1.29 is 4.79 Å². The van der Waals surface area contributed by atoms with Crippen molar-refractivity contribution in [2.24, 2.45) is 0 Å². The second kappa shape index (κ2) is 5.97. The van der Waals surface area contributed by atoms with Crippen LogP contribution in [0.3, 0.4) is 0 Å². The Morgan fingerprint density at radius 3 is 2.69 bits per heavy atom. The van der Waals surface area contributed by atoms with Gasteiger partial charge in [0.1, 0.15) is 0 Å². The van der Waals surface area contributed by atoms with Crippen LogP contribution in [-0.4, -0.2) is 25.0 Å². The molecule has 3 nitrogen and oxygen atoms in total. The first-order valence-corrected chi connectivity index (χ1v) is 5.33. The van der Waals surface area contributed by atoms with E-state index >= 15 is 0 Å². The molecule has 76 valence electrons. The summed E-state index contributed by atoms with van der Waals surface area (Å²) in [6.07, 6.45) is 5.41. The zero-order chi connectivity index (χ0) is 9.52. The summed E-state index contributed by atoms with van der Waals surface area (Å²) in [6.45, 7) is 4.07. The molecule has 0 aromatic carbocycles. The number of carbonyl (C=O) groups is 1. The summed E-state index contributed by atoms with van der Waals surface area (Å²) in [5.41, 5.74) is 0. The molecule has 1 fully saturated rings. The molecule has 0 spiro atoms. The maximum atomic E-state index is 11.3. The quantitative estimate of drug-likeness (QED) is 0.606. The lowest BCUT2D eigenvalue weighted by molar-refractivity contribution is -0.122. The molecule has 3 heteroatoms. The Morgan fingerprint density at radius 2 is 2.15 bits per heavy atom. The molecular formula is C10H20N2O. The van der Waals surface area contributed by atoms with Crippen LogP contribution in [0.15, 0.2) is 0 Å². The van der Waals surface area contributed by atoms with Crippen LogP contribution < -0.4 is 10.6 Å². The molecule has 0 radical (unpaired) electrons. The Labute approximate surface area is 80.3 Å². The van der Waals surface area contributed by atoms with E-state index in [1.165, 1.54) is 19.3 Å². The van der Waals surface area contributed by atoms with Crippen LogP contribution in [0.25, 0.3) is 0 Å². The third-order valence-electron chi connectivity index (χ3n) is 2.40. The largest absolute Gasteiger partial charge is 0.351 e. The van der Waals surface area contributed by atoms with Gasteiger partial charge >= 0.3 is 0 Å². The zero-order valence-electron chi connectivity index (χ0n) is 8.44. The smallest absolute Gasteiger partial charge is 0.220 e. The van der Waals surface area contributed by atoms with Crippen molar-refractivity contribution in [2.45, 2.75) is 45.1 Å². The van der Waals surface area contributed by atoms with Gasteiger partial charge in [-0.2, -0.15) is 0 Å². The Bertz CT molecular complexity index is 155. The van der Waals surface area contributed by atoms with Gasteiger partial charge in [-0.3, -0.25) is 4.79 Å². The fraction of sp³-hybridized carbons (Fsp3) is 0.900. The number of unbranched alkanes of at least 4 members (excludes halogenated alkanes) is 3. The molecule has 2 N–H and O–H groups in total. The van der Waals surface area contributed by atoms with E-state index in [9.17, 15) is 4.79 Å². The van der Waals surface area contributed by atoms with E-state index < -0.39 is 0 Å². The van der Waals surface area contributed by atoms with Gasteiger partial charge in [-0.1, -0.05) is 26.2 Å².